The van der Waals surface area contributed by atoms with Crippen LogP contribution in [0.2, 0.25) is 0 Å². The van der Waals surface area contributed by atoms with Gasteiger partial charge in [-0.1, -0.05) is 13.2 Å². The van der Waals surface area contributed by atoms with Gasteiger partial charge in [0.1, 0.15) is 26.4 Å². The lowest BCUT2D eigenvalue weighted by molar-refractivity contribution is -0.140. The molecule has 0 saturated heterocycles. The molecule has 0 aromatic rings. The largest absolute Gasteiger partial charge is 0.459 e. The Labute approximate surface area is 171 Å². The second kappa shape index (κ2) is 14.0. The zero-order chi connectivity index (χ0) is 22.4. The molecule has 0 N–H and O–H groups in total. The van der Waals surface area contributed by atoms with E-state index in [0.29, 0.717) is 19.5 Å². The maximum absolute atomic E-state index is 11.8. The van der Waals surface area contributed by atoms with Gasteiger partial charge >= 0.3 is 24.1 Å². The topological polar surface area (TPSA) is 112 Å². The van der Waals surface area contributed by atoms with Crippen LogP contribution in [0, 0.1) is 0 Å². The van der Waals surface area contributed by atoms with Crippen molar-refractivity contribution in [2.24, 2.45) is 0 Å². The van der Waals surface area contributed by atoms with Gasteiger partial charge in [0.2, 0.25) is 0 Å². The van der Waals surface area contributed by atoms with Crippen molar-refractivity contribution in [1.82, 2.24) is 9.80 Å². The predicted molar refractivity (Wildman–Crippen MR) is 104 cm³/mol. The Morgan fingerprint density at radius 2 is 0.966 bits per heavy atom. The van der Waals surface area contributed by atoms with E-state index in [-0.39, 0.29) is 37.6 Å². The fraction of sp³-hybridized carbons (Fsp3) is 0.579. The van der Waals surface area contributed by atoms with E-state index in [4.69, 9.17) is 18.9 Å². The van der Waals surface area contributed by atoms with E-state index in [1.165, 1.54) is 23.6 Å². The summed E-state index contributed by atoms with van der Waals surface area (Å²) >= 11 is 0. The van der Waals surface area contributed by atoms with Gasteiger partial charge in [0.15, 0.2) is 0 Å². The van der Waals surface area contributed by atoms with Gasteiger partial charge in [-0.2, -0.15) is 0 Å². The fourth-order valence-corrected chi connectivity index (χ4v) is 1.72. The van der Waals surface area contributed by atoms with Crippen molar-refractivity contribution in [1.29, 1.82) is 0 Å². The average molecular weight is 414 g/mol. The summed E-state index contributed by atoms with van der Waals surface area (Å²) in [7, 11) is 3.10. The highest BCUT2D eigenvalue weighted by Gasteiger charge is 2.13. The van der Waals surface area contributed by atoms with Gasteiger partial charge in [0.25, 0.3) is 0 Å². The zero-order valence-corrected chi connectivity index (χ0v) is 17.5. The number of hydrogen-bond acceptors (Lipinski definition) is 8. The number of esters is 2. The quantitative estimate of drug-likeness (QED) is 0.205. The number of rotatable bonds is 12. The fourth-order valence-electron chi connectivity index (χ4n) is 1.72. The molecule has 0 bridgehead atoms. The molecule has 0 saturated carbocycles. The van der Waals surface area contributed by atoms with Gasteiger partial charge in [0, 0.05) is 38.3 Å². The third-order valence-corrected chi connectivity index (χ3v) is 3.39. The molecule has 0 atom stereocenters. The molecule has 2 amide bonds. The van der Waals surface area contributed by atoms with E-state index in [2.05, 4.69) is 13.2 Å². The Hall–Kier alpha value is -3.04. The van der Waals surface area contributed by atoms with Crippen LogP contribution in [0.25, 0.3) is 0 Å². The summed E-state index contributed by atoms with van der Waals surface area (Å²) in [6, 6.07) is 0. The van der Waals surface area contributed by atoms with Crippen molar-refractivity contribution >= 4 is 24.1 Å². The first-order chi connectivity index (χ1) is 13.6. The summed E-state index contributed by atoms with van der Waals surface area (Å²) in [6.45, 7) is 10.4. The van der Waals surface area contributed by atoms with Crippen LogP contribution in [0.1, 0.15) is 20.3 Å². The molecule has 29 heavy (non-hydrogen) atoms. The molecule has 10 nitrogen and oxygen atoms in total. The number of hydrogen-bond donors (Lipinski definition) is 0. The van der Waals surface area contributed by atoms with Crippen molar-refractivity contribution in [2.75, 3.05) is 53.6 Å². The Balaban J connectivity index is 3.91. The monoisotopic (exact) mass is 414 g/mol. The molecular formula is C19H30N2O8. The Morgan fingerprint density at radius 3 is 1.28 bits per heavy atom. The Morgan fingerprint density at radius 1 is 0.655 bits per heavy atom. The first kappa shape index (κ1) is 26.0. The van der Waals surface area contributed by atoms with Gasteiger partial charge in [-0.05, 0) is 20.3 Å². The second-order valence-electron chi connectivity index (χ2n) is 6.26. The smallest absolute Gasteiger partial charge is 0.409 e. The number of carbonyl (C=O) groups is 4. The highest BCUT2D eigenvalue weighted by atomic mass is 16.6. The second-order valence-corrected chi connectivity index (χ2v) is 6.26. The molecule has 0 spiro atoms. The summed E-state index contributed by atoms with van der Waals surface area (Å²) in [5.74, 6) is -1.09. The van der Waals surface area contributed by atoms with Crippen LogP contribution in [0.3, 0.4) is 0 Å². The molecule has 0 aromatic carbocycles. The standard InChI is InChI=1S/C19H30N2O8/c1-14(2)16(22)26-10-12-28-18(24)20(5)8-7-9-21(6)19(25)29-13-11-27-17(23)15(3)4/h1,3,7-13H2,2,4-6H3. The summed E-state index contributed by atoms with van der Waals surface area (Å²) in [5.41, 5.74) is 0.535. The molecule has 0 aliphatic carbocycles. The van der Waals surface area contributed by atoms with Crippen molar-refractivity contribution in [3.05, 3.63) is 24.3 Å². The lowest BCUT2D eigenvalue weighted by Gasteiger charge is -2.20. The number of amides is 2. The lowest BCUT2D eigenvalue weighted by atomic mass is 10.4. The minimum absolute atomic E-state index is 0.0540. The summed E-state index contributed by atoms with van der Waals surface area (Å²) in [5, 5.41) is 0. The molecule has 0 aromatic heterocycles. The van der Waals surface area contributed by atoms with Gasteiger partial charge in [-0.3, -0.25) is 0 Å². The SMILES string of the molecule is C=C(C)C(=O)OCCOC(=O)N(C)CCCN(C)C(=O)OCCOC(=O)C(=C)C. The maximum atomic E-state index is 11.8. The van der Waals surface area contributed by atoms with E-state index < -0.39 is 24.1 Å². The number of carbonyl (C=O) groups excluding carboxylic acids is 4. The average Bonchev–Trinajstić information content (AvgIpc) is 2.67. The third kappa shape index (κ3) is 12.1. The zero-order valence-electron chi connectivity index (χ0n) is 17.5. The molecule has 0 fully saturated rings. The molecule has 0 aliphatic heterocycles. The number of nitrogens with zero attached hydrogens (tertiary/aromatic N) is 2. The molecule has 10 heteroatoms. The van der Waals surface area contributed by atoms with Crippen molar-refractivity contribution in [3.8, 4) is 0 Å². The van der Waals surface area contributed by atoms with E-state index in [1.54, 1.807) is 14.1 Å². The van der Waals surface area contributed by atoms with Gasteiger partial charge in [-0.15, -0.1) is 0 Å². The number of ether oxygens (including phenoxy) is 4. The van der Waals surface area contributed by atoms with Gasteiger partial charge in [0.05, 0.1) is 0 Å². The van der Waals surface area contributed by atoms with Crippen LogP contribution in [0.4, 0.5) is 9.59 Å². The molecule has 0 aliphatic rings. The summed E-state index contributed by atoms with van der Waals surface area (Å²) in [6.07, 6.45) is -0.645. The molecule has 0 rings (SSSR count). The van der Waals surface area contributed by atoms with E-state index in [1.807, 2.05) is 0 Å². The first-order valence-corrected chi connectivity index (χ1v) is 8.97. The summed E-state index contributed by atoms with van der Waals surface area (Å²) < 4.78 is 19.6. The van der Waals surface area contributed by atoms with Crippen LogP contribution < -0.4 is 0 Å². The highest BCUT2D eigenvalue weighted by molar-refractivity contribution is 5.87. The van der Waals surface area contributed by atoms with E-state index >= 15 is 0 Å². The van der Waals surface area contributed by atoms with Crippen molar-refractivity contribution in [3.63, 3.8) is 0 Å². The minimum atomic E-state index is -0.569. The Kier molecular flexibility index (Phi) is 12.6. The lowest BCUT2D eigenvalue weighted by Crippen LogP contribution is -2.34. The predicted octanol–water partition coefficient (Wildman–Crippen LogP) is 1.75. The molecule has 0 radical (unpaired) electrons. The first-order valence-electron chi connectivity index (χ1n) is 8.97. The van der Waals surface area contributed by atoms with Crippen LogP contribution in [0.15, 0.2) is 24.3 Å². The van der Waals surface area contributed by atoms with Crippen LogP contribution in [0.5, 0.6) is 0 Å². The Bertz CT molecular complexity index is 565. The van der Waals surface area contributed by atoms with Crippen molar-refractivity contribution in [2.45, 2.75) is 20.3 Å². The van der Waals surface area contributed by atoms with Crippen molar-refractivity contribution < 1.29 is 38.1 Å². The van der Waals surface area contributed by atoms with Gasteiger partial charge in [-0.25, -0.2) is 19.2 Å². The van der Waals surface area contributed by atoms with E-state index in [0.717, 1.165) is 0 Å². The highest BCUT2D eigenvalue weighted by Crippen LogP contribution is 1.99. The van der Waals surface area contributed by atoms with Gasteiger partial charge < -0.3 is 28.7 Å². The van der Waals surface area contributed by atoms with Crippen LogP contribution >= 0.6 is 0 Å². The molecule has 164 valence electrons. The van der Waals surface area contributed by atoms with E-state index in [9.17, 15) is 19.2 Å². The normalized spacial score (nSPS) is 9.79. The molecule has 0 unspecified atom stereocenters. The minimum Gasteiger partial charge on any atom is -0.459 e. The maximum Gasteiger partial charge on any atom is 0.409 e. The molecule has 0 heterocycles. The van der Waals surface area contributed by atoms with Crippen LogP contribution in [-0.4, -0.2) is 87.5 Å². The molecular weight excluding hydrogens is 384 g/mol. The third-order valence-electron chi connectivity index (χ3n) is 3.39. The summed E-state index contributed by atoms with van der Waals surface area (Å²) in [4.78, 5) is 48.7. The van der Waals surface area contributed by atoms with Crippen LogP contribution in [-0.2, 0) is 28.5 Å².